The van der Waals surface area contributed by atoms with Crippen LogP contribution in [0.1, 0.15) is 28.4 Å². The lowest BCUT2D eigenvalue weighted by molar-refractivity contribution is -0.137. The second-order valence-electron chi connectivity index (χ2n) is 5.50. The van der Waals surface area contributed by atoms with Gasteiger partial charge in [-0.1, -0.05) is 12.1 Å². The highest BCUT2D eigenvalue weighted by molar-refractivity contribution is 5.91. The van der Waals surface area contributed by atoms with E-state index in [4.69, 9.17) is 9.47 Å². The van der Waals surface area contributed by atoms with Crippen molar-refractivity contribution in [3.05, 3.63) is 65.2 Å². The summed E-state index contributed by atoms with van der Waals surface area (Å²) in [5, 5.41) is 2.47. The van der Waals surface area contributed by atoms with Crippen LogP contribution in [0.3, 0.4) is 0 Å². The fourth-order valence-corrected chi connectivity index (χ4v) is 2.13. The fraction of sp³-hybridized carbons (Fsp3) is 0.263. The maximum absolute atomic E-state index is 12.5. The Bertz CT molecular complexity index is 771. The van der Waals surface area contributed by atoms with Crippen LogP contribution in [0.15, 0.2) is 48.5 Å². The van der Waals surface area contributed by atoms with E-state index in [9.17, 15) is 22.8 Å². The summed E-state index contributed by atoms with van der Waals surface area (Å²) in [6.45, 7) is 1.87. The van der Waals surface area contributed by atoms with Crippen LogP contribution < -0.4 is 10.1 Å². The summed E-state index contributed by atoms with van der Waals surface area (Å²) in [6.07, 6.45) is -4.41. The minimum absolute atomic E-state index is 0.0254. The smallest absolute Gasteiger partial charge is 0.416 e. The van der Waals surface area contributed by atoms with E-state index >= 15 is 0 Å². The maximum Gasteiger partial charge on any atom is 0.416 e. The number of carbonyl (C=O) groups is 2. The number of alkyl halides is 3. The normalized spacial score (nSPS) is 11.0. The molecule has 0 unspecified atom stereocenters. The number of benzene rings is 2. The lowest BCUT2D eigenvalue weighted by Gasteiger charge is -2.09. The Balaban J connectivity index is 1.78. The summed E-state index contributed by atoms with van der Waals surface area (Å²) < 4.78 is 47.6. The van der Waals surface area contributed by atoms with Gasteiger partial charge in [-0.15, -0.1) is 0 Å². The van der Waals surface area contributed by atoms with Gasteiger partial charge in [-0.05, 0) is 48.9 Å². The topological polar surface area (TPSA) is 64.6 Å². The summed E-state index contributed by atoms with van der Waals surface area (Å²) in [7, 11) is 0. The molecule has 1 amide bonds. The highest BCUT2D eigenvalue weighted by atomic mass is 19.4. The lowest BCUT2D eigenvalue weighted by atomic mass is 10.1. The van der Waals surface area contributed by atoms with Crippen LogP contribution in [0.4, 0.5) is 13.2 Å². The standard InChI is InChI=1S/C19H18F3NO4/c1-2-26-16-9-5-14(6-10-16)18(25)27-12-17(24)23-11-13-3-7-15(8-4-13)19(20,21)22/h3-10H,2,11-12H2,1H3,(H,23,24). The molecule has 2 rings (SSSR count). The zero-order chi connectivity index (χ0) is 19.9. The minimum Gasteiger partial charge on any atom is -0.494 e. The van der Waals surface area contributed by atoms with E-state index in [1.165, 1.54) is 24.3 Å². The van der Waals surface area contributed by atoms with Gasteiger partial charge in [0.05, 0.1) is 17.7 Å². The maximum atomic E-state index is 12.5. The van der Waals surface area contributed by atoms with Crippen molar-refractivity contribution in [1.29, 1.82) is 0 Å². The van der Waals surface area contributed by atoms with Gasteiger partial charge in [-0.2, -0.15) is 13.2 Å². The van der Waals surface area contributed by atoms with E-state index in [-0.39, 0.29) is 12.1 Å². The molecule has 0 aromatic heterocycles. The molecule has 8 heteroatoms. The van der Waals surface area contributed by atoms with Gasteiger partial charge in [0.1, 0.15) is 5.75 Å². The third-order valence-corrected chi connectivity index (χ3v) is 3.51. The van der Waals surface area contributed by atoms with Gasteiger partial charge < -0.3 is 14.8 Å². The summed E-state index contributed by atoms with van der Waals surface area (Å²) >= 11 is 0. The Hall–Kier alpha value is -3.03. The zero-order valence-electron chi connectivity index (χ0n) is 14.5. The number of ether oxygens (including phenoxy) is 2. The predicted molar refractivity (Wildman–Crippen MR) is 91.2 cm³/mol. The fourth-order valence-electron chi connectivity index (χ4n) is 2.13. The molecule has 0 aliphatic rings. The molecule has 0 fully saturated rings. The Morgan fingerprint density at radius 3 is 2.19 bits per heavy atom. The van der Waals surface area contributed by atoms with Crippen molar-refractivity contribution < 1.29 is 32.2 Å². The number of rotatable bonds is 7. The number of halogens is 3. The van der Waals surface area contributed by atoms with Gasteiger partial charge in [-0.3, -0.25) is 4.79 Å². The molecule has 1 N–H and O–H groups in total. The SMILES string of the molecule is CCOc1ccc(C(=O)OCC(=O)NCc2ccc(C(F)(F)F)cc2)cc1. The molecule has 144 valence electrons. The highest BCUT2D eigenvalue weighted by Gasteiger charge is 2.29. The van der Waals surface area contributed by atoms with Crippen molar-refractivity contribution in [3.8, 4) is 5.75 Å². The van der Waals surface area contributed by atoms with E-state index in [0.29, 0.717) is 17.9 Å². The Morgan fingerprint density at radius 2 is 1.63 bits per heavy atom. The highest BCUT2D eigenvalue weighted by Crippen LogP contribution is 2.29. The van der Waals surface area contributed by atoms with Gasteiger partial charge in [0.2, 0.25) is 0 Å². The second-order valence-corrected chi connectivity index (χ2v) is 5.50. The van der Waals surface area contributed by atoms with Gasteiger partial charge in [0.15, 0.2) is 6.61 Å². The first-order valence-corrected chi connectivity index (χ1v) is 8.12. The van der Waals surface area contributed by atoms with E-state index < -0.39 is 30.2 Å². The molecular weight excluding hydrogens is 363 g/mol. The Labute approximate surface area is 154 Å². The van der Waals surface area contributed by atoms with Crippen molar-refractivity contribution >= 4 is 11.9 Å². The predicted octanol–water partition coefficient (Wildman–Crippen LogP) is 3.58. The molecule has 0 aliphatic carbocycles. The van der Waals surface area contributed by atoms with Crippen LogP contribution in [0.5, 0.6) is 5.75 Å². The number of esters is 1. The van der Waals surface area contributed by atoms with Gasteiger partial charge in [0.25, 0.3) is 5.91 Å². The van der Waals surface area contributed by atoms with Crippen LogP contribution in [0.25, 0.3) is 0 Å². The first-order valence-electron chi connectivity index (χ1n) is 8.12. The summed E-state index contributed by atoms with van der Waals surface area (Å²) in [5.74, 6) is -0.611. The van der Waals surface area contributed by atoms with Crippen LogP contribution in [0.2, 0.25) is 0 Å². The molecular formula is C19H18F3NO4. The average molecular weight is 381 g/mol. The molecule has 0 saturated carbocycles. The summed E-state index contributed by atoms with van der Waals surface area (Å²) in [5.41, 5.74) is 0.00467. The molecule has 0 heterocycles. The molecule has 0 atom stereocenters. The molecule has 0 saturated heterocycles. The van der Waals surface area contributed by atoms with Gasteiger partial charge in [-0.25, -0.2) is 4.79 Å². The molecule has 5 nitrogen and oxygen atoms in total. The molecule has 2 aromatic carbocycles. The summed E-state index contributed by atoms with van der Waals surface area (Å²) in [6, 6.07) is 10.7. The van der Waals surface area contributed by atoms with E-state index in [0.717, 1.165) is 12.1 Å². The number of nitrogens with one attached hydrogen (secondary N) is 1. The molecule has 0 radical (unpaired) electrons. The lowest BCUT2D eigenvalue weighted by Crippen LogP contribution is -2.28. The molecule has 0 spiro atoms. The van der Waals surface area contributed by atoms with Crippen LogP contribution in [-0.4, -0.2) is 25.1 Å². The number of hydrogen-bond donors (Lipinski definition) is 1. The number of carbonyl (C=O) groups excluding carboxylic acids is 2. The molecule has 0 aliphatic heterocycles. The molecule has 27 heavy (non-hydrogen) atoms. The number of amides is 1. The third-order valence-electron chi connectivity index (χ3n) is 3.51. The van der Waals surface area contributed by atoms with Crippen LogP contribution in [0, 0.1) is 0 Å². The average Bonchev–Trinajstić information content (AvgIpc) is 2.65. The van der Waals surface area contributed by atoms with Crippen molar-refractivity contribution in [1.82, 2.24) is 5.32 Å². The summed E-state index contributed by atoms with van der Waals surface area (Å²) in [4.78, 5) is 23.6. The van der Waals surface area contributed by atoms with Crippen molar-refractivity contribution in [2.75, 3.05) is 13.2 Å². The molecule has 2 aromatic rings. The minimum atomic E-state index is -4.41. The largest absolute Gasteiger partial charge is 0.494 e. The van der Waals surface area contributed by atoms with Crippen LogP contribution >= 0.6 is 0 Å². The first-order chi connectivity index (χ1) is 12.8. The van der Waals surface area contributed by atoms with E-state index in [1.54, 1.807) is 12.1 Å². The Morgan fingerprint density at radius 1 is 1.00 bits per heavy atom. The van der Waals surface area contributed by atoms with E-state index in [1.807, 2.05) is 6.92 Å². The number of hydrogen-bond acceptors (Lipinski definition) is 4. The van der Waals surface area contributed by atoms with E-state index in [2.05, 4.69) is 5.32 Å². The quantitative estimate of drug-likeness (QED) is 0.745. The monoisotopic (exact) mass is 381 g/mol. The Kier molecular flexibility index (Phi) is 6.81. The van der Waals surface area contributed by atoms with Gasteiger partial charge >= 0.3 is 12.1 Å². The van der Waals surface area contributed by atoms with Crippen LogP contribution in [-0.2, 0) is 22.3 Å². The van der Waals surface area contributed by atoms with Crippen molar-refractivity contribution in [2.24, 2.45) is 0 Å². The van der Waals surface area contributed by atoms with Crippen molar-refractivity contribution in [3.63, 3.8) is 0 Å². The second kappa shape index (κ2) is 9.07. The third kappa shape index (κ3) is 6.32. The molecule has 0 bridgehead atoms. The van der Waals surface area contributed by atoms with Crippen molar-refractivity contribution in [2.45, 2.75) is 19.6 Å². The van der Waals surface area contributed by atoms with Gasteiger partial charge in [0, 0.05) is 6.54 Å². The first kappa shape index (κ1) is 20.3. The zero-order valence-corrected chi connectivity index (χ0v) is 14.5.